The van der Waals surface area contributed by atoms with Gasteiger partial charge in [-0.1, -0.05) is 133 Å². The topological polar surface area (TPSA) is 25.8 Å². The molecule has 0 bridgehead atoms. The van der Waals surface area contributed by atoms with E-state index in [9.17, 15) is 0 Å². The van der Waals surface area contributed by atoms with Crippen LogP contribution in [0.5, 0.6) is 0 Å². The van der Waals surface area contributed by atoms with Gasteiger partial charge in [0, 0.05) is 36.9 Å². The molecule has 0 N–H and O–H groups in total. The standard InChI is InChI=1S/C48H30N2S/c1-3-11-31(12-4-1)39-27-37-15-7-8-16-40(37)42(29-39)45-30-44(49-48(50-45)32-13-5-2-6-14-32)38-22-21-33-25-34(19-20-35(33)26-38)36-23-24-47-43(28-36)41-17-9-10-18-46(41)51-47/h1-30H. The second-order valence-corrected chi connectivity index (χ2v) is 14.1. The zero-order valence-electron chi connectivity index (χ0n) is 27.6. The highest BCUT2D eigenvalue weighted by atomic mass is 32.1. The molecule has 0 saturated carbocycles. The van der Waals surface area contributed by atoms with Crippen molar-refractivity contribution in [3.8, 4) is 56.2 Å². The summed E-state index contributed by atoms with van der Waals surface area (Å²) >= 11 is 1.86. The first-order valence-electron chi connectivity index (χ1n) is 17.2. The van der Waals surface area contributed by atoms with Crippen molar-refractivity contribution in [2.24, 2.45) is 0 Å². The maximum atomic E-state index is 5.22. The summed E-state index contributed by atoms with van der Waals surface area (Å²) in [5.74, 6) is 0.712. The second-order valence-electron chi connectivity index (χ2n) is 13.0. The fourth-order valence-electron chi connectivity index (χ4n) is 7.26. The van der Waals surface area contributed by atoms with Crippen LogP contribution in [0.2, 0.25) is 0 Å². The van der Waals surface area contributed by atoms with E-state index >= 15 is 0 Å². The van der Waals surface area contributed by atoms with Crippen molar-refractivity contribution in [1.82, 2.24) is 9.97 Å². The lowest BCUT2D eigenvalue weighted by Crippen LogP contribution is -1.97. The van der Waals surface area contributed by atoms with Crippen LogP contribution in [0.15, 0.2) is 182 Å². The third kappa shape index (κ3) is 5.36. The Kier molecular flexibility index (Phi) is 7.04. The number of fused-ring (bicyclic) bond motifs is 5. The lowest BCUT2D eigenvalue weighted by atomic mass is 9.94. The molecule has 0 saturated heterocycles. The van der Waals surface area contributed by atoms with Gasteiger partial charge in [0.15, 0.2) is 5.82 Å². The Morgan fingerprint density at radius 1 is 0.314 bits per heavy atom. The molecule has 10 rings (SSSR count). The lowest BCUT2D eigenvalue weighted by Gasteiger charge is -2.14. The summed E-state index contributed by atoms with van der Waals surface area (Å²) in [4.78, 5) is 10.4. The van der Waals surface area contributed by atoms with Crippen LogP contribution >= 0.6 is 11.3 Å². The molecule has 51 heavy (non-hydrogen) atoms. The van der Waals surface area contributed by atoms with Gasteiger partial charge in [0.1, 0.15) is 0 Å². The van der Waals surface area contributed by atoms with E-state index in [4.69, 9.17) is 9.97 Å². The molecule has 2 nitrogen and oxygen atoms in total. The van der Waals surface area contributed by atoms with Gasteiger partial charge in [0.25, 0.3) is 0 Å². The second kappa shape index (κ2) is 12.2. The van der Waals surface area contributed by atoms with Gasteiger partial charge in [0.2, 0.25) is 0 Å². The maximum Gasteiger partial charge on any atom is 0.160 e. The van der Waals surface area contributed by atoms with Crippen molar-refractivity contribution in [3.05, 3.63) is 182 Å². The Morgan fingerprint density at radius 2 is 0.902 bits per heavy atom. The third-order valence-corrected chi connectivity index (χ3v) is 11.0. The summed E-state index contributed by atoms with van der Waals surface area (Å²) in [5, 5.41) is 7.37. The van der Waals surface area contributed by atoms with Gasteiger partial charge in [0.05, 0.1) is 11.4 Å². The molecule has 0 fully saturated rings. The minimum Gasteiger partial charge on any atom is -0.228 e. The smallest absolute Gasteiger partial charge is 0.160 e. The van der Waals surface area contributed by atoms with Gasteiger partial charge in [-0.15, -0.1) is 11.3 Å². The van der Waals surface area contributed by atoms with Crippen LogP contribution in [-0.2, 0) is 0 Å². The maximum absolute atomic E-state index is 5.22. The number of rotatable bonds is 5. The number of hydrogen-bond donors (Lipinski definition) is 0. The van der Waals surface area contributed by atoms with Crippen LogP contribution in [0.4, 0.5) is 0 Å². The van der Waals surface area contributed by atoms with Gasteiger partial charge in [-0.25, -0.2) is 9.97 Å². The van der Waals surface area contributed by atoms with Crippen LogP contribution in [0.3, 0.4) is 0 Å². The molecule has 0 aliphatic carbocycles. The van der Waals surface area contributed by atoms with Crippen molar-refractivity contribution < 1.29 is 0 Å². The molecule has 10 aromatic rings. The van der Waals surface area contributed by atoms with E-state index in [2.05, 4.69) is 164 Å². The van der Waals surface area contributed by atoms with E-state index in [-0.39, 0.29) is 0 Å². The van der Waals surface area contributed by atoms with E-state index in [1.54, 1.807) is 0 Å². The summed E-state index contributed by atoms with van der Waals surface area (Å²) in [5.41, 5.74) is 9.74. The molecule has 2 heterocycles. The molecule has 8 aromatic carbocycles. The summed E-state index contributed by atoms with van der Waals surface area (Å²) < 4.78 is 2.65. The molecule has 0 atom stereocenters. The molecule has 238 valence electrons. The molecular formula is C48H30N2S. The van der Waals surface area contributed by atoms with Crippen molar-refractivity contribution >= 4 is 53.1 Å². The summed E-state index contributed by atoms with van der Waals surface area (Å²) in [6.45, 7) is 0. The van der Waals surface area contributed by atoms with Crippen molar-refractivity contribution in [1.29, 1.82) is 0 Å². The zero-order valence-corrected chi connectivity index (χ0v) is 28.4. The Hall–Kier alpha value is -6.42. The Bertz CT molecular complexity index is 2910. The SMILES string of the molecule is c1ccc(-c2cc(-c3cc(-c4ccc5cc(-c6ccc7sc8ccccc8c7c6)ccc5c4)nc(-c4ccccc4)n3)c3ccccc3c2)cc1. The summed E-state index contributed by atoms with van der Waals surface area (Å²) in [6, 6.07) is 65.1. The van der Waals surface area contributed by atoms with Crippen LogP contribution < -0.4 is 0 Å². The van der Waals surface area contributed by atoms with Gasteiger partial charge >= 0.3 is 0 Å². The first-order chi connectivity index (χ1) is 25.2. The molecule has 0 unspecified atom stereocenters. The minimum atomic E-state index is 0.712. The quantitative estimate of drug-likeness (QED) is 0.183. The normalized spacial score (nSPS) is 11.5. The summed E-state index contributed by atoms with van der Waals surface area (Å²) in [6.07, 6.45) is 0. The highest BCUT2D eigenvalue weighted by molar-refractivity contribution is 7.25. The van der Waals surface area contributed by atoms with Crippen LogP contribution in [0.1, 0.15) is 0 Å². The Balaban J connectivity index is 1.10. The summed E-state index contributed by atoms with van der Waals surface area (Å²) in [7, 11) is 0. The largest absolute Gasteiger partial charge is 0.228 e. The first-order valence-corrected chi connectivity index (χ1v) is 18.0. The highest BCUT2D eigenvalue weighted by Crippen LogP contribution is 2.39. The van der Waals surface area contributed by atoms with Crippen LogP contribution in [0, 0.1) is 0 Å². The molecule has 0 aliphatic heterocycles. The molecule has 0 aliphatic rings. The lowest BCUT2D eigenvalue weighted by molar-refractivity contribution is 1.19. The van der Waals surface area contributed by atoms with Crippen molar-refractivity contribution in [3.63, 3.8) is 0 Å². The fraction of sp³-hybridized carbons (Fsp3) is 0. The predicted molar refractivity (Wildman–Crippen MR) is 217 cm³/mol. The van der Waals surface area contributed by atoms with Crippen molar-refractivity contribution in [2.45, 2.75) is 0 Å². The predicted octanol–water partition coefficient (Wildman–Crippen LogP) is 13.5. The van der Waals surface area contributed by atoms with Gasteiger partial charge < -0.3 is 0 Å². The minimum absolute atomic E-state index is 0.712. The average molecular weight is 667 g/mol. The van der Waals surface area contributed by atoms with Crippen LogP contribution in [0.25, 0.3) is 97.9 Å². The van der Waals surface area contributed by atoms with E-state index in [1.807, 2.05) is 29.5 Å². The fourth-order valence-corrected chi connectivity index (χ4v) is 8.35. The van der Waals surface area contributed by atoms with E-state index in [0.29, 0.717) is 5.82 Å². The van der Waals surface area contributed by atoms with Gasteiger partial charge in [-0.3, -0.25) is 0 Å². The molecular weight excluding hydrogens is 637 g/mol. The number of aromatic nitrogens is 2. The first kappa shape index (κ1) is 29.5. The molecule has 0 spiro atoms. The molecule has 0 amide bonds. The Morgan fingerprint density at radius 3 is 1.73 bits per heavy atom. The van der Waals surface area contributed by atoms with Gasteiger partial charge in [-0.2, -0.15) is 0 Å². The van der Waals surface area contributed by atoms with E-state index in [0.717, 1.165) is 28.1 Å². The Labute approximate surface area is 300 Å². The molecule has 2 aromatic heterocycles. The number of hydrogen-bond acceptors (Lipinski definition) is 3. The zero-order chi connectivity index (χ0) is 33.7. The van der Waals surface area contributed by atoms with Gasteiger partial charge in [-0.05, 0) is 92.3 Å². The highest BCUT2D eigenvalue weighted by Gasteiger charge is 2.15. The molecule has 3 heteroatoms. The third-order valence-electron chi connectivity index (χ3n) is 9.85. The molecule has 0 radical (unpaired) electrons. The number of benzene rings is 8. The van der Waals surface area contributed by atoms with Crippen LogP contribution in [-0.4, -0.2) is 9.97 Å². The number of nitrogens with zero attached hydrogens (tertiary/aromatic N) is 2. The van der Waals surface area contributed by atoms with E-state index < -0.39 is 0 Å². The monoisotopic (exact) mass is 666 g/mol. The van der Waals surface area contributed by atoms with Crippen molar-refractivity contribution in [2.75, 3.05) is 0 Å². The average Bonchev–Trinajstić information content (AvgIpc) is 3.58. The van der Waals surface area contributed by atoms with E-state index in [1.165, 1.54) is 64.0 Å². The number of thiophene rings is 1.